The van der Waals surface area contributed by atoms with Crippen LogP contribution in [-0.4, -0.2) is 10.8 Å². The minimum absolute atomic E-state index is 0.0319. The molecule has 1 amide bonds. The molecule has 1 N–H and O–H groups in total. The van der Waals surface area contributed by atoms with Gasteiger partial charge in [-0.2, -0.15) is 0 Å². The van der Waals surface area contributed by atoms with Crippen molar-refractivity contribution in [2.45, 2.75) is 6.92 Å². The van der Waals surface area contributed by atoms with Crippen molar-refractivity contribution in [1.82, 2.24) is 0 Å². The van der Waals surface area contributed by atoms with Crippen molar-refractivity contribution in [2.24, 2.45) is 0 Å². The van der Waals surface area contributed by atoms with Gasteiger partial charge in [-0.05, 0) is 25.1 Å². The van der Waals surface area contributed by atoms with Gasteiger partial charge in [0.1, 0.15) is 5.82 Å². The normalized spacial score (nSPS) is 10.2. The Morgan fingerprint density at radius 2 is 1.95 bits per heavy atom. The van der Waals surface area contributed by atoms with E-state index in [1.807, 2.05) is 0 Å². The zero-order valence-corrected chi connectivity index (χ0v) is 11.6. The van der Waals surface area contributed by atoms with E-state index in [2.05, 4.69) is 5.32 Å². The lowest BCUT2D eigenvalue weighted by atomic mass is 10.1. The number of hydrogen-bond donors (Lipinski definition) is 1. The first-order valence-electron chi connectivity index (χ1n) is 5.91. The molecule has 2 rings (SSSR count). The molecule has 0 aliphatic rings. The van der Waals surface area contributed by atoms with E-state index < -0.39 is 16.6 Å². The predicted octanol–water partition coefficient (Wildman–Crippen LogP) is 3.95. The molecule has 0 radical (unpaired) electrons. The summed E-state index contributed by atoms with van der Waals surface area (Å²) in [7, 11) is 0. The Labute approximate surface area is 124 Å². The van der Waals surface area contributed by atoms with Gasteiger partial charge >= 0.3 is 0 Å². The molecule has 0 saturated carbocycles. The van der Waals surface area contributed by atoms with Crippen LogP contribution in [-0.2, 0) is 0 Å². The average molecular weight is 309 g/mol. The molecule has 0 unspecified atom stereocenters. The Morgan fingerprint density at radius 1 is 1.29 bits per heavy atom. The summed E-state index contributed by atoms with van der Waals surface area (Å²) in [5.74, 6) is -1.52. The second-order valence-corrected chi connectivity index (χ2v) is 4.66. The first-order chi connectivity index (χ1) is 9.91. The van der Waals surface area contributed by atoms with Crippen molar-refractivity contribution < 1.29 is 14.1 Å². The van der Waals surface area contributed by atoms with Crippen LogP contribution >= 0.6 is 11.6 Å². The standard InChI is InChI=1S/C14H10ClFN2O3/c1-8-11(6-3-7-12(8)18(20)21)17-14(19)13-9(15)4-2-5-10(13)16/h2-7H,1H3,(H,17,19). The summed E-state index contributed by atoms with van der Waals surface area (Å²) in [6.45, 7) is 1.50. The maximum Gasteiger partial charge on any atom is 0.274 e. The monoisotopic (exact) mass is 308 g/mol. The third-order valence-electron chi connectivity index (χ3n) is 2.94. The van der Waals surface area contributed by atoms with E-state index in [0.717, 1.165) is 6.07 Å². The molecule has 0 saturated heterocycles. The van der Waals surface area contributed by atoms with Gasteiger partial charge in [-0.1, -0.05) is 23.7 Å². The molecule has 108 valence electrons. The van der Waals surface area contributed by atoms with Crippen LogP contribution < -0.4 is 5.32 Å². The van der Waals surface area contributed by atoms with Crippen molar-refractivity contribution in [1.29, 1.82) is 0 Å². The highest BCUT2D eigenvalue weighted by Crippen LogP contribution is 2.26. The highest BCUT2D eigenvalue weighted by Gasteiger charge is 2.19. The molecule has 0 fully saturated rings. The van der Waals surface area contributed by atoms with E-state index in [-0.39, 0.29) is 27.5 Å². The fraction of sp³-hybridized carbons (Fsp3) is 0.0714. The fourth-order valence-corrected chi connectivity index (χ4v) is 2.11. The maximum atomic E-state index is 13.7. The second kappa shape index (κ2) is 5.88. The van der Waals surface area contributed by atoms with Crippen LogP contribution in [0.4, 0.5) is 15.8 Å². The molecule has 0 aromatic heterocycles. The van der Waals surface area contributed by atoms with Gasteiger partial charge in [0.2, 0.25) is 0 Å². The number of benzene rings is 2. The van der Waals surface area contributed by atoms with Gasteiger partial charge in [0.15, 0.2) is 0 Å². The smallest absolute Gasteiger partial charge is 0.274 e. The summed E-state index contributed by atoms with van der Waals surface area (Å²) in [4.78, 5) is 22.4. The van der Waals surface area contributed by atoms with Gasteiger partial charge in [0.05, 0.1) is 26.8 Å². The van der Waals surface area contributed by atoms with Crippen LogP contribution in [0.5, 0.6) is 0 Å². The molecular weight excluding hydrogens is 299 g/mol. The second-order valence-electron chi connectivity index (χ2n) is 4.26. The molecule has 7 heteroatoms. The van der Waals surface area contributed by atoms with Crippen molar-refractivity contribution in [3.8, 4) is 0 Å². The number of hydrogen-bond acceptors (Lipinski definition) is 3. The number of nitrogens with zero attached hydrogens (tertiary/aromatic N) is 1. The Balaban J connectivity index is 2.37. The number of anilines is 1. The Hall–Kier alpha value is -2.47. The van der Waals surface area contributed by atoms with Crippen LogP contribution in [0, 0.1) is 22.9 Å². The van der Waals surface area contributed by atoms with Crippen molar-refractivity contribution in [3.63, 3.8) is 0 Å². The molecule has 5 nitrogen and oxygen atoms in total. The van der Waals surface area contributed by atoms with E-state index in [0.29, 0.717) is 0 Å². The summed E-state index contributed by atoms with van der Waals surface area (Å²) in [6.07, 6.45) is 0. The van der Waals surface area contributed by atoms with Gasteiger partial charge in [0.25, 0.3) is 11.6 Å². The summed E-state index contributed by atoms with van der Waals surface area (Å²) in [5.41, 5.74) is 0.0781. The lowest BCUT2D eigenvalue weighted by Gasteiger charge is -2.10. The number of carbonyl (C=O) groups excluding carboxylic acids is 1. The SMILES string of the molecule is Cc1c(NC(=O)c2c(F)cccc2Cl)cccc1[N+](=O)[O-]. The van der Waals surface area contributed by atoms with Crippen molar-refractivity contribution >= 4 is 28.9 Å². The number of amides is 1. The summed E-state index contributed by atoms with van der Waals surface area (Å²) in [6, 6.07) is 8.13. The third-order valence-corrected chi connectivity index (χ3v) is 3.25. The number of nitrogens with one attached hydrogen (secondary N) is 1. The maximum absolute atomic E-state index is 13.7. The molecule has 2 aromatic carbocycles. The average Bonchev–Trinajstić information content (AvgIpc) is 2.40. The first-order valence-corrected chi connectivity index (χ1v) is 6.29. The first kappa shape index (κ1) is 14.9. The van der Waals surface area contributed by atoms with E-state index in [9.17, 15) is 19.3 Å². The number of rotatable bonds is 3. The molecule has 2 aromatic rings. The molecule has 0 aliphatic heterocycles. The van der Waals surface area contributed by atoms with Crippen LogP contribution in [0.1, 0.15) is 15.9 Å². The fourth-order valence-electron chi connectivity index (χ4n) is 1.86. The van der Waals surface area contributed by atoms with Gasteiger partial charge in [-0.15, -0.1) is 0 Å². The predicted molar refractivity (Wildman–Crippen MR) is 77.2 cm³/mol. The molecule has 21 heavy (non-hydrogen) atoms. The molecule has 0 atom stereocenters. The quantitative estimate of drug-likeness (QED) is 0.689. The molecule has 0 spiro atoms. The molecule has 0 aliphatic carbocycles. The van der Waals surface area contributed by atoms with Crippen LogP contribution in [0.2, 0.25) is 5.02 Å². The third kappa shape index (κ3) is 3.00. The lowest BCUT2D eigenvalue weighted by molar-refractivity contribution is -0.385. The van der Waals surface area contributed by atoms with Crippen molar-refractivity contribution in [2.75, 3.05) is 5.32 Å². The molecular formula is C14H10ClFN2O3. The zero-order valence-electron chi connectivity index (χ0n) is 10.9. The van der Waals surface area contributed by atoms with Crippen molar-refractivity contribution in [3.05, 3.63) is 68.5 Å². The van der Waals surface area contributed by atoms with Crippen LogP contribution in [0.15, 0.2) is 36.4 Å². The molecule has 0 heterocycles. The summed E-state index contributed by atoms with van der Waals surface area (Å²) >= 11 is 5.80. The van der Waals surface area contributed by atoms with Gasteiger partial charge < -0.3 is 5.32 Å². The zero-order chi connectivity index (χ0) is 15.6. The van der Waals surface area contributed by atoms with E-state index in [4.69, 9.17) is 11.6 Å². The topological polar surface area (TPSA) is 72.2 Å². The highest BCUT2D eigenvalue weighted by molar-refractivity contribution is 6.34. The Morgan fingerprint density at radius 3 is 2.57 bits per heavy atom. The Kier molecular flexibility index (Phi) is 4.18. The number of halogens is 2. The van der Waals surface area contributed by atoms with E-state index in [1.165, 1.54) is 37.3 Å². The van der Waals surface area contributed by atoms with E-state index in [1.54, 1.807) is 0 Å². The minimum Gasteiger partial charge on any atom is -0.321 e. The van der Waals surface area contributed by atoms with E-state index >= 15 is 0 Å². The van der Waals surface area contributed by atoms with Crippen LogP contribution in [0.3, 0.4) is 0 Å². The van der Waals surface area contributed by atoms with Gasteiger partial charge in [-0.25, -0.2) is 4.39 Å². The number of carbonyl (C=O) groups is 1. The van der Waals surface area contributed by atoms with Gasteiger partial charge in [-0.3, -0.25) is 14.9 Å². The summed E-state index contributed by atoms with van der Waals surface area (Å²) in [5, 5.41) is 13.3. The number of nitro benzene ring substituents is 1. The largest absolute Gasteiger partial charge is 0.321 e. The van der Waals surface area contributed by atoms with Gasteiger partial charge in [0, 0.05) is 6.07 Å². The Bertz CT molecular complexity index is 714. The summed E-state index contributed by atoms with van der Waals surface area (Å²) < 4.78 is 13.7. The number of nitro groups is 1. The minimum atomic E-state index is -0.762. The lowest BCUT2D eigenvalue weighted by Crippen LogP contribution is -2.15. The molecule has 0 bridgehead atoms. The highest BCUT2D eigenvalue weighted by atomic mass is 35.5. The van der Waals surface area contributed by atoms with Crippen LogP contribution in [0.25, 0.3) is 0 Å².